The van der Waals surface area contributed by atoms with Crippen molar-refractivity contribution in [3.05, 3.63) is 35.6 Å². The van der Waals surface area contributed by atoms with Crippen molar-refractivity contribution in [1.82, 2.24) is 10.2 Å². The molecule has 1 saturated heterocycles. The number of halogens is 1. The van der Waals surface area contributed by atoms with Crippen LogP contribution in [0.3, 0.4) is 0 Å². The predicted molar refractivity (Wildman–Crippen MR) is 84.0 cm³/mol. The van der Waals surface area contributed by atoms with E-state index in [1.165, 1.54) is 12.1 Å². The number of hydrogen-bond donors (Lipinski definition) is 1. The summed E-state index contributed by atoms with van der Waals surface area (Å²) in [6, 6.07) is 6.32. The minimum absolute atomic E-state index is 0.0514. The molecule has 0 aromatic heterocycles. The highest BCUT2D eigenvalue weighted by atomic mass is 19.1. The van der Waals surface area contributed by atoms with Gasteiger partial charge >= 0.3 is 0 Å². The molecule has 4 nitrogen and oxygen atoms in total. The summed E-state index contributed by atoms with van der Waals surface area (Å²) in [5, 5.41) is 3.43. The molecule has 1 heterocycles. The molecule has 0 bridgehead atoms. The zero-order valence-corrected chi connectivity index (χ0v) is 13.3. The van der Waals surface area contributed by atoms with Crippen molar-refractivity contribution in [3.63, 3.8) is 0 Å². The van der Waals surface area contributed by atoms with Gasteiger partial charge in [0.2, 0.25) is 5.91 Å². The van der Waals surface area contributed by atoms with Gasteiger partial charge in [0.15, 0.2) is 0 Å². The second-order valence-corrected chi connectivity index (χ2v) is 5.58. The maximum absolute atomic E-state index is 13.1. The number of benzene rings is 1. The summed E-state index contributed by atoms with van der Waals surface area (Å²) in [6.07, 6.45) is 1.58. The lowest BCUT2D eigenvalue weighted by Crippen LogP contribution is -2.50. The van der Waals surface area contributed by atoms with Gasteiger partial charge in [-0.3, -0.25) is 10.1 Å². The van der Waals surface area contributed by atoms with Crippen LogP contribution in [-0.4, -0.2) is 43.2 Å². The van der Waals surface area contributed by atoms with Crippen LogP contribution in [0, 0.1) is 5.82 Å². The zero-order valence-electron chi connectivity index (χ0n) is 13.3. The second kappa shape index (κ2) is 8.25. The zero-order chi connectivity index (χ0) is 15.9. The number of rotatable bonds is 6. The van der Waals surface area contributed by atoms with Crippen molar-refractivity contribution in [2.24, 2.45) is 0 Å². The van der Waals surface area contributed by atoms with Crippen molar-refractivity contribution < 1.29 is 13.9 Å². The molecule has 1 N–H and O–H groups in total. The number of nitrogens with zero attached hydrogens (tertiary/aromatic N) is 1. The van der Waals surface area contributed by atoms with Gasteiger partial charge in [0.05, 0.1) is 19.3 Å². The Morgan fingerprint density at radius 1 is 1.23 bits per heavy atom. The minimum Gasteiger partial charge on any atom is -0.378 e. The topological polar surface area (TPSA) is 41.6 Å². The van der Waals surface area contributed by atoms with Gasteiger partial charge in [-0.25, -0.2) is 4.39 Å². The molecule has 0 radical (unpaired) electrons. The van der Waals surface area contributed by atoms with E-state index in [0.29, 0.717) is 26.3 Å². The van der Waals surface area contributed by atoms with Crippen molar-refractivity contribution in [2.45, 2.75) is 38.8 Å². The van der Waals surface area contributed by atoms with Crippen LogP contribution in [0.25, 0.3) is 0 Å². The van der Waals surface area contributed by atoms with E-state index >= 15 is 0 Å². The van der Waals surface area contributed by atoms with E-state index < -0.39 is 0 Å². The lowest BCUT2D eigenvalue weighted by Gasteiger charge is -2.32. The van der Waals surface area contributed by atoms with E-state index in [4.69, 9.17) is 4.74 Å². The Morgan fingerprint density at radius 2 is 1.86 bits per heavy atom. The highest BCUT2D eigenvalue weighted by molar-refractivity contribution is 5.82. The van der Waals surface area contributed by atoms with Crippen molar-refractivity contribution in [2.75, 3.05) is 26.3 Å². The molecule has 1 fully saturated rings. The smallest absolute Gasteiger partial charge is 0.239 e. The number of ether oxygens (including phenoxy) is 1. The molecule has 0 saturated carbocycles. The fourth-order valence-electron chi connectivity index (χ4n) is 2.76. The number of carbonyl (C=O) groups is 1. The molecule has 22 heavy (non-hydrogen) atoms. The number of hydrogen-bond acceptors (Lipinski definition) is 3. The fraction of sp³-hybridized carbons (Fsp3) is 0.588. The molecule has 2 atom stereocenters. The number of carbonyl (C=O) groups excluding carboxylic acids is 1. The van der Waals surface area contributed by atoms with Crippen LogP contribution in [0.4, 0.5) is 4.39 Å². The first kappa shape index (κ1) is 16.9. The molecule has 1 aliphatic rings. The summed E-state index contributed by atoms with van der Waals surface area (Å²) >= 11 is 0. The summed E-state index contributed by atoms with van der Waals surface area (Å²) in [5.74, 6) is -0.110. The van der Waals surface area contributed by atoms with E-state index in [2.05, 4.69) is 12.2 Å². The summed E-state index contributed by atoms with van der Waals surface area (Å²) in [4.78, 5) is 14.5. The van der Waals surface area contributed by atoms with E-state index in [9.17, 15) is 9.18 Å². The van der Waals surface area contributed by atoms with Crippen LogP contribution in [0.5, 0.6) is 0 Å². The third kappa shape index (κ3) is 4.27. The van der Waals surface area contributed by atoms with Gasteiger partial charge in [-0.15, -0.1) is 0 Å². The Morgan fingerprint density at radius 3 is 2.41 bits per heavy atom. The largest absolute Gasteiger partial charge is 0.378 e. The van der Waals surface area contributed by atoms with E-state index in [-0.39, 0.29) is 23.8 Å². The fourth-order valence-corrected chi connectivity index (χ4v) is 2.76. The first-order valence-corrected chi connectivity index (χ1v) is 8.03. The first-order valence-electron chi connectivity index (χ1n) is 8.03. The predicted octanol–water partition coefficient (Wildman–Crippen LogP) is 2.50. The monoisotopic (exact) mass is 308 g/mol. The van der Waals surface area contributed by atoms with Crippen LogP contribution < -0.4 is 5.32 Å². The maximum atomic E-state index is 13.1. The van der Waals surface area contributed by atoms with E-state index in [1.54, 1.807) is 12.1 Å². The van der Waals surface area contributed by atoms with Crippen LogP contribution in [0.1, 0.15) is 38.3 Å². The third-order valence-corrected chi connectivity index (χ3v) is 4.11. The molecule has 122 valence electrons. The van der Waals surface area contributed by atoms with Gasteiger partial charge in [-0.2, -0.15) is 0 Å². The lowest BCUT2D eigenvalue weighted by atomic mass is 10.0. The molecule has 1 amide bonds. The Labute approximate surface area is 131 Å². The van der Waals surface area contributed by atoms with Gasteiger partial charge in [-0.1, -0.05) is 26.0 Å². The van der Waals surface area contributed by atoms with Crippen LogP contribution >= 0.6 is 0 Å². The van der Waals surface area contributed by atoms with Crippen molar-refractivity contribution in [3.8, 4) is 0 Å². The summed E-state index contributed by atoms with van der Waals surface area (Å²) < 4.78 is 18.4. The average Bonchev–Trinajstić information content (AvgIpc) is 2.57. The number of morpholine rings is 1. The molecule has 0 spiro atoms. The Kier molecular flexibility index (Phi) is 6.34. The van der Waals surface area contributed by atoms with Gasteiger partial charge < -0.3 is 9.64 Å². The second-order valence-electron chi connectivity index (χ2n) is 5.58. The first-order chi connectivity index (χ1) is 10.7. The van der Waals surface area contributed by atoms with Crippen molar-refractivity contribution in [1.29, 1.82) is 0 Å². The third-order valence-electron chi connectivity index (χ3n) is 4.11. The van der Waals surface area contributed by atoms with Gasteiger partial charge in [0, 0.05) is 19.1 Å². The quantitative estimate of drug-likeness (QED) is 0.878. The Hall–Kier alpha value is -1.46. The molecule has 2 rings (SSSR count). The normalized spacial score (nSPS) is 18.0. The van der Waals surface area contributed by atoms with Gasteiger partial charge in [0.1, 0.15) is 5.82 Å². The summed E-state index contributed by atoms with van der Waals surface area (Å²) in [5.41, 5.74) is 1.01. The Balaban J connectivity index is 2.03. The summed E-state index contributed by atoms with van der Waals surface area (Å²) in [7, 11) is 0. The minimum atomic E-state index is -0.241. The molecule has 1 aromatic carbocycles. The number of nitrogens with one attached hydrogen (secondary N) is 1. The SMILES string of the molecule is CCC(NC(CC)c1ccc(F)cc1)C(=O)N1CCOCC1. The molecular formula is C17H25FN2O2. The molecule has 0 aliphatic carbocycles. The Bertz CT molecular complexity index is 472. The van der Waals surface area contributed by atoms with Gasteiger partial charge in [-0.05, 0) is 30.5 Å². The number of amides is 1. The highest BCUT2D eigenvalue weighted by Gasteiger charge is 2.26. The molecule has 1 aliphatic heterocycles. The average molecular weight is 308 g/mol. The molecule has 1 aromatic rings. The van der Waals surface area contributed by atoms with E-state index in [1.807, 2.05) is 11.8 Å². The highest BCUT2D eigenvalue weighted by Crippen LogP contribution is 2.19. The maximum Gasteiger partial charge on any atom is 0.239 e. The molecular weight excluding hydrogens is 283 g/mol. The van der Waals surface area contributed by atoms with Crippen molar-refractivity contribution >= 4 is 5.91 Å². The molecule has 5 heteroatoms. The van der Waals surface area contributed by atoms with Crippen LogP contribution in [0.2, 0.25) is 0 Å². The molecule has 2 unspecified atom stereocenters. The van der Waals surface area contributed by atoms with Gasteiger partial charge in [0.25, 0.3) is 0 Å². The standard InChI is InChI=1S/C17H25FN2O2/c1-3-15(13-5-7-14(18)8-6-13)19-16(4-2)17(21)20-9-11-22-12-10-20/h5-8,15-16,19H,3-4,9-12H2,1-2H3. The van der Waals surface area contributed by atoms with Crippen LogP contribution in [-0.2, 0) is 9.53 Å². The van der Waals surface area contributed by atoms with Crippen LogP contribution in [0.15, 0.2) is 24.3 Å². The summed E-state index contributed by atoms with van der Waals surface area (Å²) in [6.45, 7) is 6.60. The van der Waals surface area contributed by atoms with E-state index in [0.717, 1.165) is 18.4 Å². The lowest BCUT2D eigenvalue weighted by molar-refractivity contribution is -0.137.